The van der Waals surface area contributed by atoms with Gasteiger partial charge in [-0.25, -0.2) is 0 Å². The van der Waals surface area contributed by atoms with Crippen LogP contribution in [-0.2, 0) is 0 Å². The molecule has 3 heteroatoms. The Morgan fingerprint density at radius 2 is 1.83 bits per heavy atom. The smallest absolute Gasteiger partial charge is 0.0999 e. The van der Waals surface area contributed by atoms with Crippen molar-refractivity contribution in [3.8, 4) is 11.3 Å². The molecule has 2 nitrogen and oxygen atoms in total. The third-order valence-corrected chi connectivity index (χ3v) is 3.80. The second kappa shape index (κ2) is 4.86. The van der Waals surface area contributed by atoms with E-state index in [-0.39, 0.29) is 0 Å². The molecule has 1 heterocycles. The van der Waals surface area contributed by atoms with Gasteiger partial charge in [-0.1, -0.05) is 37.3 Å². The molecule has 0 saturated carbocycles. The van der Waals surface area contributed by atoms with Crippen LogP contribution in [0.5, 0.6) is 0 Å². The average molecular weight is 254 g/mol. The van der Waals surface area contributed by atoms with Gasteiger partial charge in [-0.3, -0.25) is 5.10 Å². The Balaban J connectivity index is 2.03. The molecule has 1 N–H and O–H groups in total. The largest absolute Gasteiger partial charge is 0.277 e. The highest BCUT2D eigenvalue weighted by atomic mass is 32.2. The predicted molar refractivity (Wildman–Crippen MR) is 77.9 cm³/mol. The third kappa shape index (κ3) is 2.02. The number of para-hydroxylation sites is 1. The first-order chi connectivity index (χ1) is 8.88. The second-order valence-electron chi connectivity index (χ2n) is 4.08. The maximum absolute atomic E-state index is 4.41. The van der Waals surface area contributed by atoms with E-state index in [4.69, 9.17) is 0 Å². The molecular formula is C15H14N2S. The van der Waals surface area contributed by atoms with Gasteiger partial charge in [0.1, 0.15) is 0 Å². The maximum atomic E-state index is 4.41. The Morgan fingerprint density at radius 1 is 1.06 bits per heavy atom. The number of hydrogen-bond acceptors (Lipinski definition) is 2. The lowest BCUT2D eigenvalue weighted by atomic mass is 10.1. The zero-order valence-electron chi connectivity index (χ0n) is 10.2. The van der Waals surface area contributed by atoms with Gasteiger partial charge in [-0.15, -0.1) is 11.8 Å². The summed E-state index contributed by atoms with van der Waals surface area (Å²) >= 11 is 1.86. The fraction of sp³-hybridized carbons (Fsp3) is 0.133. The summed E-state index contributed by atoms with van der Waals surface area (Å²) in [5, 5.41) is 8.66. The summed E-state index contributed by atoms with van der Waals surface area (Å²) in [7, 11) is 0. The topological polar surface area (TPSA) is 28.7 Å². The van der Waals surface area contributed by atoms with Crippen molar-refractivity contribution >= 4 is 22.7 Å². The average Bonchev–Trinajstić information content (AvgIpc) is 2.84. The molecule has 2 aromatic carbocycles. The molecule has 0 unspecified atom stereocenters. The molecule has 0 saturated heterocycles. The SMILES string of the molecule is CCSc1ccc(-c2n[nH]c3ccccc23)cc1. The first kappa shape index (κ1) is 11.4. The van der Waals surface area contributed by atoms with Crippen LogP contribution in [0.2, 0.25) is 0 Å². The first-order valence-electron chi connectivity index (χ1n) is 6.05. The molecule has 18 heavy (non-hydrogen) atoms. The second-order valence-corrected chi connectivity index (χ2v) is 5.41. The van der Waals surface area contributed by atoms with E-state index in [2.05, 4.69) is 47.5 Å². The lowest BCUT2D eigenvalue weighted by Crippen LogP contribution is -1.79. The Hall–Kier alpha value is -1.74. The Bertz CT molecular complexity index is 656. The molecule has 1 aromatic heterocycles. The van der Waals surface area contributed by atoms with Crippen LogP contribution >= 0.6 is 11.8 Å². The third-order valence-electron chi connectivity index (χ3n) is 2.91. The summed E-state index contributed by atoms with van der Waals surface area (Å²) in [5.41, 5.74) is 3.27. The minimum absolute atomic E-state index is 1.03. The number of aromatic amines is 1. The minimum atomic E-state index is 1.03. The van der Waals surface area contributed by atoms with Crippen molar-refractivity contribution in [1.82, 2.24) is 10.2 Å². The molecule has 0 aliphatic rings. The van der Waals surface area contributed by atoms with E-state index in [9.17, 15) is 0 Å². The van der Waals surface area contributed by atoms with Crippen LogP contribution in [0.15, 0.2) is 53.4 Å². The Morgan fingerprint density at radius 3 is 2.61 bits per heavy atom. The van der Waals surface area contributed by atoms with E-state index in [1.165, 1.54) is 10.3 Å². The first-order valence-corrected chi connectivity index (χ1v) is 7.03. The number of nitrogens with one attached hydrogen (secondary N) is 1. The van der Waals surface area contributed by atoms with Gasteiger partial charge in [0.15, 0.2) is 0 Å². The van der Waals surface area contributed by atoms with E-state index in [1.807, 2.05) is 30.0 Å². The van der Waals surface area contributed by atoms with Crippen molar-refractivity contribution in [2.45, 2.75) is 11.8 Å². The van der Waals surface area contributed by atoms with Gasteiger partial charge in [0.2, 0.25) is 0 Å². The highest BCUT2D eigenvalue weighted by molar-refractivity contribution is 7.99. The monoisotopic (exact) mass is 254 g/mol. The van der Waals surface area contributed by atoms with Crippen LogP contribution < -0.4 is 0 Å². The Labute approximate surface area is 110 Å². The number of H-pyrrole nitrogens is 1. The highest BCUT2D eigenvalue weighted by Gasteiger charge is 2.06. The van der Waals surface area contributed by atoms with E-state index in [0.29, 0.717) is 0 Å². The van der Waals surface area contributed by atoms with E-state index < -0.39 is 0 Å². The summed E-state index contributed by atoms with van der Waals surface area (Å²) in [4.78, 5) is 1.31. The van der Waals surface area contributed by atoms with Gasteiger partial charge >= 0.3 is 0 Å². The number of rotatable bonds is 3. The fourth-order valence-electron chi connectivity index (χ4n) is 2.06. The zero-order chi connectivity index (χ0) is 12.4. The molecule has 3 rings (SSSR count). The lowest BCUT2D eigenvalue weighted by molar-refractivity contribution is 1.12. The number of hydrogen-bond donors (Lipinski definition) is 1. The summed E-state index contributed by atoms with van der Waals surface area (Å²) < 4.78 is 0. The van der Waals surface area contributed by atoms with Crippen molar-refractivity contribution in [2.24, 2.45) is 0 Å². The highest BCUT2D eigenvalue weighted by Crippen LogP contribution is 2.27. The van der Waals surface area contributed by atoms with E-state index >= 15 is 0 Å². The van der Waals surface area contributed by atoms with Crippen LogP contribution in [0.3, 0.4) is 0 Å². The van der Waals surface area contributed by atoms with Gasteiger partial charge in [-0.2, -0.15) is 5.10 Å². The maximum Gasteiger partial charge on any atom is 0.0999 e. The van der Waals surface area contributed by atoms with Crippen LogP contribution in [0, 0.1) is 0 Å². The van der Waals surface area contributed by atoms with Crippen LogP contribution in [-0.4, -0.2) is 16.0 Å². The molecule has 0 atom stereocenters. The quantitative estimate of drug-likeness (QED) is 0.704. The van der Waals surface area contributed by atoms with Crippen LogP contribution in [0.4, 0.5) is 0 Å². The number of nitrogens with zero attached hydrogens (tertiary/aromatic N) is 1. The molecule has 0 amide bonds. The molecule has 0 radical (unpaired) electrons. The summed E-state index contributed by atoms with van der Waals surface area (Å²) in [6.07, 6.45) is 0. The molecule has 3 aromatic rings. The Kier molecular flexibility index (Phi) is 3.07. The molecule has 0 fully saturated rings. The lowest BCUT2D eigenvalue weighted by Gasteiger charge is -2.01. The molecule has 0 aliphatic carbocycles. The molecule has 90 valence electrons. The molecule has 0 aliphatic heterocycles. The number of benzene rings is 2. The van der Waals surface area contributed by atoms with Crippen LogP contribution in [0.1, 0.15) is 6.92 Å². The molecule has 0 spiro atoms. The number of fused-ring (bicyclic) bond motifs is 1. The van der Waals surface area contributed by atoms with Crippen molar-refractivity contribution in [3.63, 3.8) is 0 Å². The molecular weight excluding hydrogens is 240 g/mol. The minimum Gasteiger partial charge on any atom is -0.277 e. The van der Waals surface area contributed by atoms with Gasteiger partial charge in [-0.05, 0) is 24.0 Å². The zero-order valence-corrected chi connectivity index (χ0v) is 11.0. The van der Waals surface area contributed by atoms with E-state index in [1.54, 1.807) is 0 Å². The van der Waals surface area contributed by atoms with Crippen molar-refractivity contribution in [3.05, 3.63) is 48.5 Å². The summed E-state index contributed by atoms with van der Waals surface area (Å²) in [6.45, 7) is 2.17. The molecule has 0 bridgehead atoms. The van der Waals surface area contributed by atoms with Crippen LogP contribution in [0.25, 0.3) is 22.2 Å². The normalized spacial score (nSPS) is 10.9. The van der Waals surface area contributed by atoms with Gasteiger partial charge < -0.3 is 0 Å². The van der Waals surface area contributed by atoms with Gasteiger partial charge in [0.25, 0.3) is 0 Å². The van der Waals surface area contributed by atoms with Gasteiger partial charge in [0, 0.05) is 15.8 Å². The number of thioether (sulfide) groups is 1. The summed E-state index contributed by atoms with van der Waals surface area (Å²) in [5.74, 6) is 1.10. The van der Waals surface area contributed by atoms with Crippen molar-refractivity contribution in [1.29, 1.82) is 0 Å². The van der Waals surface area contributed by atoms with Crippen molar-refractivity contribution in [2.75, 3.05) is 5.75 Å². The van der Waals surface area contributed by atoms with E-state index in [0.717, 1.165) is 22.5 Å². The standard InChI is InChI=1S/C15H14N2S/c1-2-18-12-9-7-11(8-10-12)15-13-5-3-4-6-14(13)16-17-15/h3-10H,2H2,1H3,(H,16,17). The predicted octanol–water partition coefficient (Wildman–Crippen LogP) is 4.34. The van der Waals surface area contributed by atoms with Gasteiger partial charge in [0.05, 0.1) is 11.2 Å². The fourth-order valence-corrected chi connectivity index (χ4v) is 2.72. The summed E-state index contributed by atoms with van der Waals surface area (Å²) in [6, 6.07) is 16.8. The van der Waals surface area contributed by atoms with Crippen molar-refractivity contribution < 1.29 is 0 Å². The number of aromatic nitrogens is 2.